The second-order valence-electron chi connectivity index (χ2n) is 11.9. The quantitative estimate of drug-likeness (QED) is 0.0890. The molecule has 1 aliphatic heterocycles. The van der Waals surface area contributed by atoms with Crippen molar-refractivity contribution >= 4 is 11.4 Å². The van der Waals surface area contributed by atoms with Crippen LogP contribution in [0.4, 0.5) is 0 Å². The van der Waals surface area contributed by atoms with E-state index in [1.165, 1.54) is 51.8 Å². The number of aryl methyl sites for hydroxylation is 4. The van der Waals surface area contributed by atoms with Crippen molar-refractivity contribution < 1.29 is 25.1 Å². The molecule has 0 unspecified atom stereocenters. The topological polar surface area (TPSA) is 25.3 Å². The van der Waals surface area contributed by atoms with E-state index in [-0.39, 0.29) is 20.4 Å². The third kappa shape index (κ3) is 11.7. The Kier molecular flexibility index (Phi) is 23.4. The van der Waals surface area contributed by atoms with Gasteiger partial charge in [-0.2, -0.15) is 13.8 Å². The molecule has 2 nitrogen and oxygen atoms in total. The van der Waals surface area contributed by atoms with Crippen molar-refractivity contribution in [1.29, 1.82) is 0 Å². The third-order valence-corrected chi connectivity index (χ3v) is 8.37. The van der Waals surface area contributed by atoms with Gasteiger partial charge < -0.3 is 19.4 Å². The molecule has 3 rings (SSSR count). The van der Waals surface area contributed by atoms with Gasteiger partial charge in [0.15, 0.2) is 0 Å². The molecule has 0 aliphatic carbocycles. The molecular weight excluding hydrogens is 639 g/mol. The fourth-order valence-corrected chi connectivity index (χ4v) is 6.61. The van der Waals surface area contributed by atoms with E-state index in [0.717, 1.165) is 94.9 Å². The van der Waals surface area contributed by atoms with Crippen molar-refractivity contribution in [3.05, 3.63) is 99.8 Å². The smallest absolute Gasteiger partial charge is 0.493 e. The Labute approximate surface area is 293 Å². The summed E-state index contributed by atoms with van der Waals surface area (Å²) in [5, 5.41) is 0. The van der Waals surface area contributed by atoms with E-state index < -0.39 is 0 Å². The number of allylic oxidation sites excluding steroid dienone is 2. The Bertz CT molecular complexity index is 1160. The van der Waals surface area contributed by atoms with Gasteiger partial charge in [-0.25, -0.2) is 4.70 Å². The van der Waals surface area contributed by atoms with Crippen molar-refractivity contribution in [3.63, 3.8) is 0 Å². The van der Waals surface area contributed by atoms with Gasteiger partial charge in [-0.15, -0.1) is 0 Å². The summed E-state index contributed by atoms with van der Waals surface area (Å²) in [6.45, 7) is 26.0. The van der Waals surface area contributed by atoms with Crippen LogP contribution in [-0.4, -0.2) is 4.70 Å². The molecular formula is C42H66N2Pd. The number of nitrogens with zero attached hydrogens (tertiary/aromatic N) is 2. The minimum absolute atomic E-state index is 0. The Morgan fingerprint density at radius 3 is 1.20 bits per heavy atom. The predicted molar refractivity (Wildman–Crippen MR) is 197 cm³/mol. The van der Waals surface area contributed by atoms with Crippen molar-refractivity contribution in [2.24, 2.45) is 0 Å². The van der Waals surface area contributed by atoms with Gasteiger partial charge in [-0.1, -0.05) is 93.4 Å². The summed E-state index contributed by atoms with van der Waals surface area (Å²) in [4.78, 5) is 0. The van der Waals surface area contributed by atoms with E-state index >= 15 is 0 Å². The number of hydrogen-bond acceptors (Lipinski definition) is 0. The van der Waals surface area contributed by atoms with E-state index in [0.29, 0.717) is 0 Å². The first-order valence-corrected chi connectivity index (χ1v) is 18.1. The van der Waals surface area contributed by atoms with Crippen LogP contribution in [0, 0.1) is 13.8 Å². The molecule has 0 spiro atoms. The minimum Gasteiger partial charge on any atom is -0.493 e. The molecule has 254 valence electrons. The first-order valence-electron chi connectivity index (χ1n) is 18.1. The zero-order valence-corrected chi connectivity index (χ0v) is 32.2. The molecule has 3 heteroatoms. The average molecular weight is 705 g/mol. The average Bonchev–Trinajstić information content (AvgIpc) is 3.37. The molecule has 1 heterocycles. The molecule has 0 atom stereocenters. The van der Waals surface area contributed by atoms with Crippen molar-refractivity contribution in [1.82, 2.24) is 0 Å². The zero-order chi connectivity index (χ0) is 33.1. The number of benzene rings is 2. The van der Waals surface area contributed by atoms with E-state index in [9.17, 15) is 5.53 Å². The maximum atomic E-state index is 12.0. The third-order valence-electron chi connectivity index (χ3n) is 8.37. The molecule has 0 radical (unpaired) electrons. The molecule has 0 fully saturated rings. The second-order valence-corrected chi connectivity index (χ2v) is 11.9. The Morgan fingerprint density at radius 2 is 0.867 bits per heavy atom. The van der Waals surface area contributed by atoms with Gasteiger partial charge in [-0.3, -0.25) is 0 Å². The summed E-state index contributed by atoms with van der Waals surface area (Å²) in [5.41, 5.74) is 26.6. The monoisotopic (exact) mass is 704 g/mol. The van der Waals surface area contributed by atoms with Gasteiger partial charge in [0.25, 0.3) is 0 Å². The molecule has 45 heavy (non-hydrogen) atoms. The molecule has 0 N–H and O–H groups in total. The van der Waals surface area contributed by atoms with Gasteiger partial charge in [0.1, 0.15) is 0 Å². The largest absolute Gasteiger partial charge is 2.00 e. The molecule has 2 aromatic rings. The summed E-state index contributed by atoms with van der Waals surface area (Å²) in [6.07, 6.45) is 19.2. The van der Waals surface area contributed by atoms with Crippen LogP contribution in [0.25, 0.3) is 16.9 Å². The van der Waals surface area contributed by atoms with Crippen LogP contribution < -0.4 is 0 Å². The van der Waals surface area contributed by atoms with Crippen molar-refractivity contribution in [2.45, 2.75) is 159 Å². The van der Waals surface area contributed by atoms with Gasteiger partial charge >= 0.3 is 20.4 Å². The zero-order valence-electron chi connectivity index (χ0n) is 30.6. The fourth-order valence-electron chi connectivity index (χ4n) is 6.61. The van der Waals surface area contributed by atoms with Crippen LogP contribution in [0.2, 0.25) is 0 Å². The van der Waals surface area contributed by atoms with Gasteiger partial charge in [0, 0.05) is 22.8 Å². The maximum absolute atomic E-state index is 12.0. The van der Waals surface area contributed by atoms with Crippen molar-refractivity contribution in [2.75, 3.05) is 0 Å². The summed E-state index contributed by atoms with van der Waals surface area (Å²) in [5.74, 6) is 0. The summed E-state index contributed by atoms with van der Waals surface area (Å²) in [6, 6.07) is 9.59. The Morgan fingerprint density at radius 1 is 0.511 bits per heavy atom. The van der Waals surface area contributed by atoms with Gasteiger partial charge in [0.2, 0.25) is 11.4 Å². The van der Waals surface area contributed by atoms with Crippen LogP contribution >= 0.6 is 0 Å². The Balaban J connectivity index is 0.00000372. The molecule has 0 saturated heterocycles. The van der Waals surface area contributed by atoms with Crippen LogP contribution in [0.3, 0.4) is 0 Å². The molecule has 0 aromatic heterocycles. The molecule has 0 bridgehead atoms. The molecule has 1 aliphatic rings. The van der Waals surface area contributed by atoms with Crippen LogP contribution in [0.5, 0.6) is 0 Å². The standard InChI is InChI=1S/C38H56N2.2C2H5.Pd/c1-8-15-22-32-27-37(33-23-28(16-9-2)35(20-13-6)29(24-33)17-10-3)40(39)38(32)34-25-30(18-11-4)36(21-14-7)31(26-34)19-12-5;2*1-2;/h23-27H,8-22H2,1-7H3;2*1H2,2H3;/q;2*-1;+2. The molecule has 0 amide bonds. The van der Waals surface area contributed by atoms with E-state index in [4.69, 9.17) is 0 Å². The Hall–Kier alpha value is -1.82. The number of rotatable bonds is 17. The van der Waals surface area contributed by atoms with Crippen LogP contribution in [0.15, 0.2) is 35.9 Å². The second kappa shape index (κ2) is 24.4. The fraction of sp³-hybridized carbons (Fsp3) is 0.571. The van der Waals surface area contributed by atoms with E-state index in [2.05, 4.69) is 92.7 Å². The summed E-state index contributed by atoms with van der Waals surface area (Å²) in [7, 11) is 0. The first kappa shape index (κ1) is 43.2. The molecule has 2 aromatic carbocycles. The number of hydrogen-bond donors (Lipinski definition) is 0. The summed E-state index contributed by atoms with van der Waals surface area (Å²) < 4.78 is 1.55. The van der Waals surface area contributed by atoms with E-state index in [1.807, 2.05) is 0 Å². The van der Waals surface area contributed by atoms with Crippen molar-refractivity contribution in [3.8, 4) is 0 Å². The normalized spacial score (nSPS) is 12.2. The van der Waals surface area contributed by atoms with Crippen LogP contribution in [-0.2, 0) is 58.9 Å². The first-order chi connectivity index (χ1) is 21.5. The molecule has 0 saturated carbocycles. The van der Waals surface area contributed by atoms with Crippen LogP contribution in [0.1, 0.15) is 165 Å². The number of unbranched alkanes of at least 4 members (excludes halogenated alkanes) is 1. The van der Waals surface area contributed by atoms with E-state index in [1.54, 1.807) is 29.7 Å². The van der Waals surface area contributed by atoms with Gasteiger partial charge in [-0.05, 0) is 109 Å². The minimum atomic E-state index is 0. The maximum Gasteiger partial charge on any atom is 2.00 e. The summed E-state index contributed by atoms with van der Waals surface area (Å²) >= 11 is 0. The van der Waals surface area contributed by atoms with Gasteiger partial charge in [0.05, 0.1) is 0 Å². The predicted octanol–water partition coefficient (Wildman–Crippen LogP) is 13.1. The SMILES string of the molecule is CCCCC1=C(c2cc(CCC)c(CCC)c(CCC)c2)[N+](=[N-])C(c2cc(CCC)c(CCC)c(CCC)c2)=C1.[CH2-]C.[CH2-]C.[Pd+2].